The van der Waals surface area contributed by atoms with Gasteiger partial charge in [0.15, 0.2) is 0 Å². The molecule has 2 amide bonds. The van der Waals surface area contributed by atoms with Crippen LogP contribution in [0.3, 0.4) is 0 Å². The van der Waals surface area contributed by atoms with E-state index in [4.69, 9.17) is 17.3 Å². The van der Waals surface area contributed by atoms with E-state index in [2.05, 4.69) is 9.97 Å². The van der Waals surface area contributed by atoms with E-state index in [-0.39, 0.29) is 17.4 Å². The van der Waals surface area contributed by atoms with Gasteiger partial charge in [-0.1, -0.05) is 24.9 Å². The van der Waals surface area contributed by atoms with Crippen molar-refractivity contribution in [3.05, 3.63) is 23.2 Å². The minimum Gasteiger partial charge on any atom is -0.368 e. The Kier molecular flexibility index (Phi) is 5.51. The number of nitrogens with two attached hydrogens (primary N) is 1. The summed E-state index contributed by atoms with van der Waals surface area (Å²) in [7, 11) is 0. The Labute approximate surface area is 110 Å². The lowest BCUT2D eigenvalue weighted by Crippen LogP contribution is -2.39. The average Bonchev–Trinajstić information content (AvgIpc) is 2.33. The van der Waals surface area contributed by atoms with Crippen molar-refractivity contribution < 1.29 is 9.59 Å². The van der Waals surface area contributed by atoms with E-state index in [0.29, 0.717) is 6.54 Å². The van der Waals surface area contributed by atoms with Crippen LogP contribution >= 0.6 is 11.6 Å². The fourth-order valence-corrected chi connectivity index (χ4v) is 1.54. The molecule has 0 spiro atoms. The molecule has 0 unspecified atom stereocenters. The molecular formula is C11H15ClN4O2. The molecule has 6 nitrogen and oxygen atoms in total. The number of carbonyl (C=O) groups excluding carboxylic acids is 2. The topological polar surface area (TPSA) is 89.2 Å². The molecule has 0 radical (unpaired) electrons. The highest BCUT2D eigenvalue weighted by atomic mass is 35.5. The Bertz CT molecular complexity index is 439. The summed E-state index contributed by atoms with van der Waals surface area (Å²) in [4.78, 5) is 32.0. The van der Waals surface area contributed by atoms with Crippen molar-refractivity contribution in [2.75, 3.05) is 13.1 Å². The summed E-state index contributed by atoms with van der Waals surface area (Å²) in [6.45, 7) is 2.31. The highest BCUT2D eigenvalue weighted by Gasteiger charge is 2.18. The van der Waals surface area contributed by atoms with Crippen molar-refractivity contribution in [2.45, 2.75) is 19.8 Å². The maximum absolute atomic E-state index is 12.1. The number of amides is 2. The summed E-state index contributed by atoms with van der Waals surface area (Å²) >= 11 is 5.67. The minimum absolute atomic E-state index is 0.111. The van der Waals surface area contributed by atoms with Crippen LogP contribution < -0.4 is 5.73 Å². The second-order valence-corrected chi connectivity index (χ2v) is 4.16. The molecule has 0 saturated carbocycles. The highest BCUT2D eigenvalue weighted by Crippen LogP contribution is 2.06. The molecule has 0 bridgehead atoms. The van der Waals surface area contributed by atoms with E-state index in [1.165, 1.54) is 17.3 Å². The van der Waals surface area contributed by atoms with E-state index in [0.717, 1.165) is 12.8 Å². The zero-order chi connectivity index (χ0) is 13.5. The number of unbranched alkanes of at least 4 members (excludes halogenated alkanes) is 1. The molecule has 0 aromatic carbocycles. The van der Waals surface area contributed by atoms with Gasteiger partial charge in [0.2, 0.25) is 5.91 Å². The Morgan fingerprint density at radius 2 is 2.17 bits per heavy atom. The van der Waals surface area contributed by atoms with E-state index in [9.17, 15) is 9.59 Å². The van der Waals surface area contributed by atoms with Gasteiger partial charge in [-0.05, 0) is 6.42 Å². The van der Waals surface area contributed by atoms with Crippen LogP contribution in [-0.2, 0) is 4.79 Å². The number of rotatable bonds is 6. The van der Waals surface area contributed by atoms with Crippen LogP contribution in [0, 0.1) is 0 Å². The van der Waals surface area contributed by atoms with Gasteiger partial charge in [-0.15, -0.1) is 0 Å². The van der Waals surface area contributed by atoms with Crippen LogP contribution in [0.25, 0.3) is 0 Å². The van der Waals surface area contributed by atoms with E-state index in [1.807, 2.05) is 6.92 Å². The van der Waals surface area contributed by atoms with Gasteiger partial charge in [-0.2, -0.15) is 0 Å². The standard InChI is InChI=1S/C11H15ClN4O2/c1-2-3-4-16(7-10(13)17)11(18)8-5-14-6-9(12)15-8/h5-6H,2-4,7H2,1H3,(H2,13,17). The van der Waals surface area contributed by atoms with Crippen molar-refractivity contribution in [3.63, 3.8) is 0 Å². The van der Waals surface area contributed by atoms with Crippen LogP contribution in [0.2, 0.25) is 5.15 Å². The van der Waals surface area contributed by atoms with E-state index in [1.54, 1.807) is 0 Å². The van der Waals surface area contributed by atoms with E-state index < -0.39 is 11.8 Å². The molecule has 98 valence electrons. The van der Waals surface area contributed by atoms with Gasteiger partial charge in [0.25, 0.3) is 5.91 Å². The SMILES string of the molecule is CCCCN(CC(N)=O)C(=O)c1cncc(Cl)n1. The van der Waals surface area contributed by atoms with Gasteiger partial charge in [-0.25, -0.2) is 4.98 Å². The molecule has 2 N–H and O–H groups in total. The number of halogens is 1. The Morgan fingerprint density at radius 1 is 1.44 bits per heavy atom. The maximum Gasteiger partial charge on any atom is 0.274 e. The third-order valence-corrected chi connectivity index (χ3v) is 2.42. The zero-order valence-corrected chi connectivity index (χ0v) is 10.9. The molecule has 1 aromatic heterocycles. The van der Waals surface area contributed by atoms with Crippen molar-refractivity contribution in [1.29, 1.82) is 0 Å². The quantitative estimate of drug-likeness (QED) is 0.830. The largest absolute Gasteiger partial charge is 0.368 e. The number of aromatic nitrogens is 2. The molecule has 0 aliphatic rings. The zero-order valence-electron chi connectivity index (χ0n) is 10.1. The van der Waals surface area contributed by atoms with Gasteiger partial charge in [0, 0.05) is 6.54 Å². The first-order valence-corrected chi connectivity index (χ1v) is 5.97. The summed E-state index contributed by atoms with van der Waals surface area (Å²) in [5, 5.41) is 0.135. The van der Waals surface area contributed by atoms with Crippen molar-refractivity contribution >= 4 is 23.4 Å². The summed E-state index contributed by atoms with van der Waals surface area (Å²) in [6, 6.07) is 0. The lowest BCUT2D eigenvalue weighted by atomic mass is 10.3. The lowest BCUT2D eigenvalue weighted by molar-refractivity contribution is -0.118. The van der Waals surface area contributed by atoms with Crippen LogP contribution in [0.1, 0.15) is 30.3 Å². The van der Waals surface area contributed by atoms with Gasteiger partial charge in [0.1, 0.15) is 10.8 Å². The molecule has 18 heavy (non-hydrogen) atoms. The predicted molar refractivity (Wildman–Crippen MR) is 67.0 cm³/mol. The molecule has 1 aromatic rings. The fourth-order valence-electron chi connectivity index (χ4n) is 1.40. The summed E-state index contributed by atoms with van der Waals surface area (Å²) in [5.74, 6) is -0.952. The molecule has 1 rings (SSSR count). The van der Waals surface area contributed by atoms with E-state index >= 15 is 0 Å². The maximum atomic E-state index is 12.1. The average molecular weight is 271 g/mol. The lowest BCUT2D eigenvalue weighted by Gasteiger charge is -2.20. The predicted octanol–water partition coefficient (Wildman–Crippen LogP) is 0.858. The number of hydrogen-bond donors (Lipinski definition) is 1. The third kappa shape index (κ3) is 4.29. The first kappa shape index (κ1) is 14.4. The van der Waals surface area contributed by atoms with Crippen LogP contribution in [0.5, 0.6) is 0 Å². The molecule has 0 fully saturated rings. The first-order chi connectivity index (χ1) is 8.54. The van der Waals surface area contributed by atoms with Crippen molar-refractivity contribution in [2.24, 2.45) is 5.73 Å². The monoisotopic (exact) mass is 270 g/mol. The molecule has 1 heterocycles. The molecule has 0 atom stereocenters. The molecular weight excluding hydrogens is 256 g/mol. The van der Waals surface area contributed by atoms with Crippen LogP contribution in [-0.4, -0.2) is 39.8 Å². The summed E-state index contributed by atoms with van der Waals surface area (Å²) < 4.78 is 0. The molecule has 0 saturated heterocycles. The Hall–Kier alpha value is -1.69. The summed E-state index contributed by atoms with van der Waals surface area (Å²) in [6.07, 6.45) is 4.34. The third-order valence-electron chi connectivity index (χ3n) is 2.24. The van der Waals surface area contributed by atoms with Gasteiger partial charge < -0.3 is 10.6 Å². The second-order valence-electron chi connectivity index (χ2n) is 3.77. The van der Waals surface area contributed by atoms with Crippen LogP contribution in [0.15, 0.2) is 12.4 Å². The highest BCUT2D eigenvalue weighted by molar-refractivity contribution is 6.29. The normalized spacial score (nSPS) is 10.1. The number of nitrogens with zero attached hydrogens (tertiary/aromatic N) is 3. The van der Waals surface area contributed by atoms with Gasteiger partial charge in [0.05, 0.1) is 18.9 Å². The first-order valence-electron chi connectivity index (χ1n) is 5.59. The molecule has 0 aliphatic carbocycles. The van der Waals surface area contributed by atoms with Crippen molar-refractivity contribution in [1.82, 2.24) is 14.9 Å². The smallest absolute Gasteiger partial charge is 0.274 e. The number of hydrogen-bond acceptors (Lipinski definition) is 4. The number of primary amides is 1. The van der Waals surface area contributed by atoms with Crippen molar-refractivity contribution in [3.8, 4) is 0 Å². The second kappa shape index (κ2) is 6.90. The summed E-state index contributed by atoms with van der Waals surface area (Å²) in [5.41, 5.74) is 5.23. The molecule has 0 aliphatic heterocycles. The van der Waals surface area contributed by atoms with Gasteiger partial charge >= 0.3 is 0 Å². The number of carbonyl (C=O) groups is 2. The minimum atomic E-state index is -0.561. The Balaban J connectivity index is 2.83. The fraction of sp³-hybridized carbons (Fsp3) is 0.455. The van der Waals surface area contributed by atoms with Crippen LogP contribution in [0.4, 0.5) is 0 Å². The molecule has 7 heteroatoms. The Morgan fingerprint density at radius 3 is 2.72 bits per heavy atom. The van der Waals surface area contributed by atoms with Gasteiger partial charge in [-0.3, -0.25) is 14.6 Å².